The number of anilines is 1. The van der Waals surface area contributed by atoms with Gasteiger partial charge in [-0.2, -0.15) is 5.26 Å². The molecule has 1 aliphatic rings. The highest BCUT2D eigenvalue weighted by Crippen LogP contribution is 2.38. The Balaban J connectivity index is 1.56. The summed E-state index contributed by atoms with van der Waals surface area (Å²) in [5.41, 5.74) is 5.19. The van der Waals surface area contributed by atoms with E-state index in [1.807, 2.05) is 29.6 Å². The van der Waals surface area contributed by atoms with Crippen molar-refractivity contribution in [3.05, 3.63) is 75.7 Å². The van der Waals surface area contributed by atoms with Gasteiger partial charge in [-0.3, -0.25) is 4.79 Å². The maximum Gasteiger partial charge on any atom is 0.341 e. The Bertz CT molecular complexity index is 1350. The van der Waals surface area contributed by atoms with Gasteiger partial charge < -0.3 is 14.8 Å². The summed E-state index contributed by atoms with van der Waals surface area (Å²) in [6, 6.07) is 15.5. The number of esters is 1. The van der Waals surface area contributed by atoms with Crippen molar-refractivity contribution in [3.8, 4) is 22.9 Å². The number of benzene rings is 2. The molecule has 1 aliphatic carbocycles. The van der Waals surface area contributed by atoms with E-state index in [4.69, 9.17) is 9.47 Å². The van der Waals surface area contributed by atoms with Crippen LogP contribution in [0, 0.1) is 11.3 Å². The zero-order valence-electron chi connectivity index (χ0n) is 21.1. The number of aryl methyl sites for hydroxylation is 2. The second-order valence-electron chi connectivity index (χ2n) is 8.93. The van der Waals surface area contributed by atoms with Crippen molar-refractivity contribution in [1.82, 2.24) is 0 Å². The summed E-state index contributed by atoms with van der Waals surface area (Å²) in [7, 11) is 1.32. The van der Waals surface area contributed by atoms with Crippen LogP contribution < -0.4 is 10.1 Å². The number of methoxy groups -OCH3 is 1. The highest BCUT2D eigenvalue weighted by Gasteiger charge is 2.24. The van der Waals surface area contributed by atoms with Crippen molar-refractivity contribution < 1.29 is 19.1 Å². The lowest BCUT2D eigenvalue weighted by Gasteiger charge is -2.16. The van der Waals surface area contributed by atoms with Crippen LogP contribution in [0.3, 0.4) is 0 Å². The molecule has 0 aliphatic heterocycles. The van der Waals surface area contributed by atoms with Gasteiger partial charge in [0, 0.05) is 10.9 Å². The van der Waals surface area contributed by atoms with Gasteiger partial charge in [0.2, 0.25) is 0 Å². The number of carbonyl (C=O) groups is 2. The highest BCUT2D eigenvalue weighted by molar-refractivity contribution is 7.15. The van der Waals surface area contributed by atoms with Crippen LogP contribution in [-0.2, 0) is 22.4 Å². The van der Waals surface area contributed by atoms with E-state index in [1.165, 1.54) is 42.1 Å². The number of hydrogen-bond donors (Lipinski definition) is 1. The fourth-order valence-electron chi connectivity index (χ4n) is 4.35. The Morgan fingerprint density at radius 1 is 1.11 bits per heavy atom. The molecule has 1 aromatic heterocycles. The lowest BCUT2D eigenvalue weighted by molar-refractivity contribution is -0.112. The first-order valence-corrected chi connectivity index (χ1v) is 13.4. The lowest BCUT2D eigenvalue weighted by Crippen LogP contribution is -2.15. The topological polar surface area (TPSA) is 88.4 Å². The van der Waals surface area contributed by atoms with E-state index in [0.717, 1.165) is 43.4 Å². The average molecular weight is 515 g/mol. The maximum atomic E-state index is 13.0. The fraction of sp³-hybridized carbons (Fsp3) is 0.300. The van der Waals surface area contributed by atoms with Crippen LogP contribution in [-0.4, -0.2) is 25.6 Å². The molecule has 37 heavy (non-hydrogen) atoms. The molecule has 0 atom stereocenters. The number of unbranched alkanes of at least 4 members (excludes halogenated alkanes) is 1. The van der Waals surface area contributed by atoms with E-state index in [9.17, 15) is 14.9 Å². The molecule has 1 heterocycles. The molecular formula is C30H30N2O4S. The minimum absolute atomic E-state index is 0.0702. The van der Waals surface area contributed by atoms with Crippen molar-refractivity contribution in [1.29, 1.82) is 5.26 Å². The van der Waals surface area contributed by atoms with E-state index in [0.29, 0.717) is 28.3 Å². The third-order valence-electron chi connectivity index (χ3n) is 6.39. The van der Waals surface area contributed by atoms with Gasteiger partial charge >= 0.3 is 5.97 Å². The molecule has 0 unspecified atom stereocenters. The van der Waals surface area contributed by atoms with Gasteiger partial charge in [0.05, 0.1) is 13.7 Å². The third-order valence-corrected chi connectivity index (χ3v) is 7.29. The standard InChI is InChI=1S/C30H30N2O4S/c1-3-4-15-36-25-13-9-20(10-14-25)16-24(18-31)28(33)32-29-27(30(34)35-2)26(19-37-29)23-12-11-21-7-5-6-8-22(21)17-23/h9-14,16-17,19H,3-8,15H2,1-2H3,(H,32,33)/b24-16+. The van der Waals surface area contributed by atoms with Gasteiger partial charge in [-0.25, -0.2) is 4.79 Å². The van der Waals surface area contributed by atoms with Crippen LogP contribution in [0.25, 0.3) is 17.2 Å². The summed E-state index contributed by atoms with van der Waals surface area (Å²) in [6.07, 6.45) is 7.99. The maximum absolute atomic E-state index is 13.0. The molecule has 4 rings (SSSR count). The average Bonchev–Trinajstić information content (AvgIpc) is 3.35. The van der Waals surface area contributed by atoms with Crippen LogP contribution in [0.1, 0.15) is 59.7 Å². The Morgan fingerprint density at radius 2 is 1.86 bits per heavy atom. The van der Waals surface area contributed by atoms with E-state index in [1.54, 1.807) is 12.1 Å². The number of ether oxygens (including phenoxy) is 2. The quantitative estimate of drug-likeness (QED) is 0.147. The van der Waals surface area contributed by atoms with Gasteiger partial charge in [0.1, 0.15) is 28.0 Å². The molecule has 0 radical (unpaired) electrons. The van der Waals surface area contributed by atoms with E-state index < -0.39 is 11.9 Å². The molecule has 3 aromatic rings. The number of nitriles is 1. The SMILES string of the molecule is CCCCOc1ccc(/C=C(\C#N)C(=O)Nc2scc(-c3ccc4c(c3)CCCC4)c2C(=O)OC)cc1. The zero-order chi connectivity index (χ0) is 26.2. The molecule has 0 spiro atoms. The molecule has 0 saturated carbocycles. The van der Waals surface area contributed by atoms with Crippen molar-refractivity contribution in [2.75, 3.05) is 19.0 Å². The van der Waals surface area contributed by atoms with Crippen molar-refractivity contribution in [2.24, 2.45) is 0 Å². The first kappa shape index (κ1) is 26.2. The summed E-state index contributed by atoms with van der Waals surface area (Å²) >= 11 is 1.24. The monoisotopic (exact) mass is 514 g/mol. The van der Waals surface area contributed by atoms with E-state index >= 15 is 0 Å². The predicted octanol–water partition coefficient (Wildman–Crippen LogP) is 6.81. The molecule has 1 amide bonds. The molecule has 2 aromatic carbocycles. The van der Waals surface area contributed by atoms with Crippen molar-refractivity contribution in [3.63, 3.8) is 0 Å². The predicted molar refractivity (Wildman–Crippen MR) is 147 cm³/mol. The Hall–Kier alpha value is -3.89. The first-order chi connectivity index (χ1) is 18.0. The Kier molecular flexibility index (Phi) is 8.76. The number of nitrogens with one attached hydrogen (secondary N) is 1. The Labute approximate surface area is 221 Å². The number of hydrogen-bond acceptors (Lipinski definition) is 6. The van der Waals surface area contributed by atoms with Crippen LogP contribution >= 0.6 is 11.3 Å². The second kappa shape index (κ2) is 12.4. The number of amides is 1. The normalized spacial score (nSPS) is 12.8. The molecule has 0 bridgehead atoms. The minimum atomic E-state index is -0.588. The van der Waals surface area contributed by atoms with Crippen LogP contribution in [0.5, 0.6) is 5.75 Å². The number of carbonyl (C=O) groups excluding carboxylic acids is 2. The first-order valence-electron chi connectivity index (χ1n) is 12.5. The Morgan fingerprint density at radius 3 is 2.57 bits per heavy atom. The minimum Gasteiger partial charge on any atom is -0.494 e. The van der Waals surface area contributed by atoms with Crippen LogP contribution in [0.15, 0.2) is 53.4 Å². The summed E-state index contributed by atoms with van der Waals surface area (Å²) in [5, 5.41) is 14.6. The van der Waals surface area contributed by atoms with Gasteiger partial charge in [-0.05, 0) is 72.6 Å². The fourth-order valence-corrected chi connectivity index (χ4v) is 5.30. The summed E-state index contributed by atoms with van der Waals surface area (Å²) in [6.45, 7) is 2.75. The van der Waals surface area contributed by atoms with Gasteiger partial charge in [0.15, 0.2) is 0 Å². The smallest absolute Gasteiger partial charge is 0.341 e. The zero-order valence-corrected chi connectivity index (χ0v) is 22.0. The molecule has 7 heteroatoms. The van der Waals surface area contributed by atoms with Gasteiger partial charge in [-0.15, -0.1) is 11.3 Å². The lowest BCUT2D eigenvalue weighted by atomic mass is 9.89. The summed E-state index contributed by atoms with van der Waals surface area (Å²) < 4.78 is 10.7. The van der Waals surface area contributed by atoms with Crippen molar-refractivity contribution in [2.45, 2.75) is 45.4 Å². The summed E-state index contributed by atoms with van der Waals surface area (Å²) in [4.78, 5) is 25.8. The molecule has 0 saturated heterocycles. The van der Waals surface area contributed by atoms with Crippen LogP contribution in [0.2, 0.25) is 0 Å². The summed E-state index contributed by atoms with van der Waals surface area (Å²) in [5.74, 6) is -0.384. The van der Waals surface area contributed by atoms with E-state index in [-0.39, 0.29) is 5.57 Å². The largest absolute Gasteiger partial charge is 0.494 e. The second-order valence-corrected chi connectivity index (χ2v) is 9.81. The van der Waals surface area contributed by atoms with E-state index in [2.05, 4.69) is 24.4 Å². The van der Waals surface area contributed by atoms with Gasteiger partial charge in [0.25, 0.3) is 5.91 Å². The van der Waals surface area contributed by atoms with Crippen LogP contribution in [0.4, 0.5) is 5.00 Å². The number of rotatable bonds is 9. The molecule has 6 nitrogen and oxygen atoms in total. The molecule has 1 N–H and O–H groups in total. The molecular weight excluding hydrogens is 484 g/mol. The molecule has 0 fully saturated rings. The van der Waals surface area contributed by atoms with Crippen molar-refractivity contribution >= 4 is 34.3 Å². The van der Waals surface area contributed by atoms with Gasteiger partial charge in [-0.1, -0.05) is 43.7 Å². The number of thiophene rings is 1. The number of fused-ring (bicyclic) bond motifs is 1. The number of nitrogens with zero attached hydrogens (tertiary/aromatic N) is 1. The third kappa shape index (κ3) is 6.28. The molecule has 190 valence electrons. The highest BCUT2D eigenvalue weighted by atomic mass is 32.1.